The predicted octanol–water partition coefficient (Wildman–Crippen LogP) is 3.88. The molecule has 1 aliphatic carbocycles. The number of carbonyl (C=O) groups is 1. The Labute approximate surface area is 122 Å². The van der Waals surface area contributed by atoms with Crippen LogP contribution in [-0.4, -0.2) is 19.0 Å². The van der Waals surface area contributed by atoms with E-state index in [0.29, 0.717) is 6.04 Å². The van der Waals surface area contributed by atoms with Gasteiger partial charge in [0, 0.05) is 18.8 Å². The molecule has 2 rings (SSSR count). The lowest BCUT2D eigenvalue weighted by Gasteiger charge is -2.21. The molecule has 0 bridgehead atoms. The van der Waals surface area contributed by atoms with Crippen molar-refractivity contribution in [3.8, 4) is 0 Å². The molecule has 1 aromatic carbocycles. The predicted molar refractivity (Wildman–Crippen MR) is 84.3 cm³/mol. The number of hydrogen-bond donors (Lipinski definition) is 2. The number of hydrogen-bond acceptors (Lipinski definition) is 2. The van der Waals surface area contributed by atoms with Gasteiger partial charge in [0.1, 0.15) is 0 Å². The molecule has 3 heteroatoms. The zero-order chi connectivity index (χ0) is 14.4. The number of anilines is 1. The summed E-state index contributed by atoms with van der Waals surface area (Å²) in [5, 5.41) is 6.33. The average Bonchev–Trinajstić information content (AvgIpc) is 2.41. The molecule has 0 radical (unpaired) electrons. The van der Waals surface area contributed by atoms with E-state index in [1.807, 2.05) is 32.2 Å². The van der Waals surface area contributed by atoms with Crippen LogP contribution in [-0.2, 0) is 0 Å². The van der Waals surface area contributed by atoms with Crippen molar-refractivity contribution in [3.63, 3.8) is 0 Å². The molecular formula is C17H26N2O. The quantitative estimate of drug-likeness (QED) is 0.878. The Hall–Kier alpha value is -1.51. The van der Waals surface area contributed by atoms with E-state index in [-0.39, 0.29) is 5.91 Å². The van der Waals surface area contributed by atoms with Gasteiger partial charge in [0.25, 0.3) is 5.91 Å². The summed E-state index contributed by atoms with van der Waals surface area (Å²) in [4.78, 5) is 12.5. The number of aryl methyl sites for hydroxylation is 1. The highest BCUT2D eigenvalue weighted by atomic mass is 16.1. The molecule has 1 fully saturated rings. The van der Waals surface area contributed by atoms with E-state index in [2.05, 4.69) is 10.6 Å². The Morgan fingerprint density at radius 2 is 1.75 bits per heavy atom. The minimum Gasteiger partial charge on any atom is -0.387 e. The Bertz CT molecular complexity index is 448. The van der Waals surface area contributed by atoms with Crippen LogP contribution in [0.4, 0.5) is 5.69 Å². The standard InChI is InChI=1S/C17H26N2O/c1-13-10-11-16(18-2)15(12-13)17(20)19-14-8-6-4-3-5-7-9-14/h10-12,14,18H,3-9H2,1-2H3,(H,19,20). The smallest absolute Gasteiger partial charge is 0.253 e. The molecule has 1 amide bonds. The lowest BCUT2D eigenvalue weighted by atomic mass is 9.96. The van der Waals surface area contributed by atoms with Gasteiger partial charge in [0.2, 0.25) is 0 Å². The molecular weight excluding hydrogens is 248 g/mol. The largest absolute Gasteiger partial charge is 0.387 e. The van der Waals surface area contributed by atoms with Gasteiger partial charge in [0.05, 0.1) is 5.56 Å². The van der Waals surface area contributed by atoms with Gasteiger partial charge < -0.3 is 10.6 Å². The van der Waals surface area contributed by atoms with Gasteiger partial charge in [-0.25, -0.2) is 0 Å². The second-order valence-electron chi connectivity index (χ2n) is 5.81. The van der Waals surface area contributed by atoms with Crippen molar-refractivity contribution in [2.24, 2.45) is 0 Å². The third kappa shape index (κ3) is 3.99. The fourth-order valence-corrected chi connectivity index (χ4v) is 2.93. The molecule has 110 valence electrons. The van der Waals surface area contributed by atoms with Crippen LogP contribution in [0.2, 0.25) is 0 Å². The molecule has 20 heavy (non-hydrogen) atoms. The monoisotopic (exact) mass is 274 g/mol. The van der Waals surface area contributed by atoms with Crippen LogP contribution in [0.3, 0.4) is 0 Å². The third-order valence-corrected chi connectivity index (χ3v) is 4.13. The first-order chi connectivity index (χ1) is 9.70. The lowest BCUT2D eigenvalue weighted by molar-refractivity contribution is 0.0931. The lowest BCUT2D eigenvalue weighted by Crippen LogP contribution is -2.35. The minimum atomic E-state index is 0.0589. The molecule has 3 nitrogen and oxygen atoms in total. The van der Waals surface area contributed by atoms with Gasteiger partial charge in [-0.2, -0.15) is 0 Å². The van der Waals surface area contributed by atoms with Gasteiger partial charge in [-0.05, 0) is 31.9 Å². The summed E-state index contributed by atoms with van der Waals surface area (Å²) in [6.07, 6.45) is 8.66. The molecule has 0 unspecified atom stereocenters. The van der Waals surface area contributed by atoms with Gasteiger partial charge in [-0.1, -0.05) is 43.7 Å². The third-order valence-electron chi connectivity index (χ3n) is 4.13. The van der Waals surface area contributed by atoms with Crippen molar-refractivity contribution >= 4 is 11.6 Å². The second-order valence-corrected chi connectivity index (χ2v) is 5.81. The normalized spacial score (nSPS) is 17.1. The molecule has 2 N–H and O–H groups in total. The molecule has 0 aromatic heterocycles. The van der Waals surface area contributed by atoms with Crippen LogP contribution >= 0.6 is 0 Å². The summed E-state index contributed by atoms with van der Waals surface area (Å²) in [6.45, 7) is 2.02. The van der Waals surface area contributed by atoms with Crippen LogP contribution < -0.4 is 10.6 Å². The fourth-order valence-electron chi connectivity index (χ4n) is 2.93. The van der Waals surface area contributed by atoms with E-state index in [1.165, 1.54) is 32.1 Å². The number of rotatable bonds is 3. The first kappa shape index (κ1) is 14.9. The zero-order valence-electron chi connectivity index (χ0n) is 12.7. The Morgan fingerprint density at radius 1 is 1.10 bits per heavy atom. The summed E-state index contributed by atoms with van der Waals surface area (Å²) in [5.74, 6) is 0.0589. The zero-order valence-corrected chi connectivity index (χ0v) is 12.7. The van der Waals surface area contributed by atoms with Crippen molar-refractivity contribution in [2.45, 2.75) is 57.9 Å². The Balaban J connectivity index is 2.04. The van der Waals surface area contributed by atoms with E-state index in [4.69, 9.17) is 0 Å². The van der Waals surface area contributed by atoms with Crippen LogP contribution in [0.1, 0.15) is 60.9 Å². The molecule has 0 saturated heterocycles. The minimum absolute atomic E-state index is 0.0589. The van der Waals surface area contributed by atoms with Gasteiger partial charge >= 0.3 is 0 Å². The Kier molecular flexibility index (Phi) is 5.45. The fraction of sp³-hybridized carbons (Fsp3) is 0.588. The Morgan fingerprint density at radius 3 is 2.40 bits per heavy atom. The van der Waals surface area contributed by atoms with Crippen molar-refractivity contribution in [1.29, 1.82) is 0 Å². The summed E-state index contributed by atoms with van der Waals surface area (Å²) in [7, 11) is 1.86. The molecule has 0 spiro atoms. The first-order valence-corrected chi connectivity index (χ1v) is 7.80. The van der Waals surface area contributed by atoms with E-state index >= 15 is 0 Å². The highest BCUT2D eigenvalue weighted by molar-refractivity contribution is 5.99. The number of amides is 1. The molecule has 0 aliphatic heterocycles. The average molecular weight is 274 g/mol. The SMILES string of the molecule is CNc1ccc(C)cc1C(=O)NC1CCCCCCC1. The number of nitrogens with one attached hydrogen (secondary N) is 2. The topological polar surface area (TPSA) is 41.1 Å². The van der Waals surface area contributed by atoms with Crippen LogP contribution in [0, 0.1) is 6.92 Å². The van der Waals surface area contributed by atoms with E-state index < -0.39 is 0 Å². The first-order valence-electron chi connectivity index (χ1n) is 7.80. The number of benzene rings is 1. The molecule has 1 aliphatic rings. The van der Waals surface area contributed by atoms with Gasteiger partial charge in [0.15, 0.2) is 0 Å². The van der Waals surface area contributed by atoms with Crippen molar-refractivity contribution in [3.05, 3.63) is 29.3 Å². The molecule has 1 aromatic rings. The summed E-state index contributed by atoms with van der Waals surface area (Å²) >= 11 is 0. The maximum absolute atomic E-state index is 12.5. The molecule has 0 heterocycles. The highest BCUT2D eigenvalue weighted by Gasteiger charge is 2.17. The van der Waals surface area contributed by atoms with E-state index in [1.54, 1.807) is 0 Å². The molecule has 0 atom stereocenters. The highest BCUT2D eigenvalue weighted by Crippen LogP contribution is 2.20. The van der Waals surface area contributed by atoms with Crippen LogP contribution in [0.25, 0.3) is 0 Å². The van der Waals surface area contributed by atoms with E-state index in [9.17, 15) is 4.79 Å². The van der Waals surface area contributed by atoms with Gasteiger partial charge in [-0.15, -0.1) is 0 Å². The van der Waals surface area contributed by atoms with Gasteiger partial charge in [-0.3, -0.25) is 4.79 Å². The maximum Gasteiger partial charge on any atom is 0.253 e. The maximum atomic E-state index is 12.5. The summed E-state index contributed by atoms with van der Waals surface area (Å²) < 4.78 is 0. The molecule has 1 saturated carbocycles. The van der Waals surface area contributed by atoms with Crippen LogP contribution in [0.15, 0.2) is 18.2 Å². The second kappa shape index (κ2) is 7.32. The van der Waals surface area contributed by atoms with Crippen LogP contribution in [0.5, 0.6) is 0 Å². The summed E-state index contributed by atoms with van der Waals surface area (Å²) in [5.41, 5.74) is 2.78. The van der Waals surface area contributed by atoms with Crippen molar-refractivity contribution < 1.29 is 4.79 Å². The summed E-state index contributed by atoms with van der Waals surface area (Å²) in [6, 6.07) is 6.30. The van der Waals surface area contributed by atoms with Crippen molar-refractivity contribution in [1.82, 2.24) is 5.32 Å². The van der Waals surface area contributed by atoms with E-state index in [0.717, 1.165) is 29.7 Å². The number of carbonyl (C=O) groups excluding carboxylic acids is 1. The van der Waals surface area contributed by atoms with Crippen molar-refractivity contribution in [2.75, 3.05) is 12.4 Å².